The minimum absolute atomic E-state index is 0. The molecule has 183 valence electrons. The van der Waals surface area contributed by atoms with Crippen LogP contribution in [0.3, 0.4) is 0 Å². The first-order valence-corrected chi connectivity index (χ1v) is 13.3. The molecule has 3 aliphatic heterocycles. The molecule has 5 unspecified atom stereocenters. The van der Waals surface area contributed by atoms with E-state index in [1.54, 1.807) is 0 Å². The summed E-state index contributed by atoms with van der Waals surface area (Å²) in [4.78, 5) is 0. The van der Waals surface area contributed by atoms with Gasteiger partial charge in [0.05, 0.1) is 0 Å². The summed E-state index contributed by atoms with van der Waals surface area (Å²) in [6, 6.07) is 18.7. The molecule has 4 aliphatic rings. The topological polar surface area (TPSA) is 42.3 Å². The van der Waals surface area contributed by atoms with Gasteiger partial charge in [-0.3, -0.25) is 0 Å². The normalized spacial score (nSPS) is 32.1. The van der Waals surface area contributed by atoms with Crippen molar-refractivity contribution in [3.05, 3.63) is 64.0 Å². The zero-order chi connectivity index (χ0) is 21.6. The average Bonchev–Trinajstić information content (AvgIpc) is 2.89. The Hall–Kier alpha value is -0.771. The van der Waals surface area contributed by atoms with Gasteiger partial charge in [-0.25, -0.2) is 0 Å². The van der Waals surface area contributed by atoms with E-state index >= 15 is 0 Å². The molecule has 1 saturated carbocycles. The molecule has 5 atom stereocenters. The van der Waals surface area contributed by atoms with E-state index in [0.717, 1.165) is 19.0 Å². The molecule has 0 N–H and O–H groups in total. The fraction of sp³-hybridized carbons (Fsp3) is 0.655. The van der Waals surface area contributed by atoms with Gasteiger partial charge >= 0.3 is 0 Å². The molecule has 3 saturated heterocycles. The third kappa shape index (κ3) is 6.67. The van der Waals surface area contributed by atoms with Gasteiger partial charge in [-0.2, -0.15) is 35.8 Å². The molecule has 0 amide bonds. The Morgan fingerprint density at radius 3 is 2.00 bits per heavy atom. The van der Waals surface area contributed by atoms with Crippen LogP contribution in [0.1, 0.15) is 88.7 Å². The fourth-order valence-electron chi connectivity index (χ4n) is 6.23. The van der Waals surface area contributed by atoms with Gasteiger partial charge in [0.2, 0.25) is 0 Å². The number of fused-ring (bicyclic) bond motifs is 2. The first-order valence-electron chi connectivity index (χ1n) is 13.3. The first kappa shape index (κ1) is 25.3. The van der Waals surface area contributed by atoms with Gasteiger partial charge in [-0.05, 0) is 0 Å². The van der Waals surface area contributed by atoms with E-state index in [9.17, 15) is 0 Å². The maximum absolute atomic E-state index is 5.15. The smallest absolute Gasteiger partial charge is 0 e. The van der Waals surface area contributed by atoms with Crippen molar-refractivity contribution in [3.63, 3.8) is 0 Å². The molecule has 33 heavy (non-hydrogen) atoms. The summed E-state index contributed by atoms with van der Waals surface area (Å²) in [7, 11) is 0. The first-order chi connectivity index (χ1) is 15.9. The molecule has 3 heterocycles. The Morgan fingerprint density at radius 2 is 1.30 bits per heavy atom. The summed E-state index contributed by atoms with van der Waals surface area (Å²) in [6.45, 7) is 2.19. The van der Waals surface area contributed by atoms with Gasteiger partial charge in [0.25, 0.3) is 0 Å². The van der Waals surface area contributed by atoms with Crippen LogP contribution < -0.4 is 0 Å². The molecular formula is C29H39IrN3-4. The summed E-state index contributed by atoms with van der Waals surface area (Å²) in [5, 5.41) is 17.1. The zero-order valence-electron chi connectivity index (χ0n) is 19.9. The summed E-state index contributed by atoms with van der Waals surface area (Å²) in [5.74, 6) is 0.875. The van der Waals surface area contributed by atoms with Crippen LogP contribution in [-0.2, 0) is 20.1 Å². The van der Waals surface area contributed by atoms with E-state index in [0.29, 0.717) is 24.2 Å². The Morgan fingerprint density at radius 1 is 0.667 bits per heavy atom. The van der Waals surface area contributed by atoms with Gasteiger partial charge in [-0.15, -0.1) is 42.0 Å². The zero-order valence-corrected chi connectivity index (χ0v) is 22.3. The van der Waals surface area contributed by atoms with E-state index in [2.05, 4.69) is 53.1 Å². The second-order valence-electron chi connectivity index (χ2n) is 10.3. The minimum atomic E-state index is 0. The second kappa shape index (κ2) is 12.8. The Bertz CT molecular complexity index is 828. The van der Waals surface area contributed by atoms with Gasteiger partial charge in [0.15, 0.2) is 0 Å². The van der Waals surface area contributed by atoms with Crippen molar-refractivity contribution in [3.8, 4) is 0 Å². The van der Waals surface area contributed by atoms with E-state index in [1.165, 1.54) is 93.4 Å². The molecule has 6 rings (SSSR count). The summed E-state index contributed by atoms with van der Waals surface area (Å²) < 4.78 is 0. The summed E-state index contributed by atoms with van der Waals surface area (Å²) in [6.07, 6.45) is 16.1. The van der Waals surface area contributed by atoms with Crippen molar-refractivity contribution >= 4 is 10.8 Å². The van der Waals surface area contributed by atoms with Crippen molar-refractivity contribution in [1.29, 1.82) is 0 Å². The Balaban J connectivity index is 0.000000172. The Labute approximate surface area is 214 Å². The minimum Gasteiger partial charge on any atom is -0.661 e. The van der Waals surface area contributed by atoms with Gasteiger partial charge in [0, 0.05) is 20.1 Å². The van der Waals surface area contributed by atoms with Crippen LogP contribution in [0.4, 0.5) is 0 Å². The second-order valence-corrected chi connectivity index (χ2v) is 10.3. The number of piperidine rings is 3. The van der Waals surface area contributed by atoms with Crippen LogP contribution in [0.15, 0.2) is 36.4 Å². The van der Waals surface area contributed by atoms with E-state index in [-0.39, 0.29) is 20.1 Å². The van der Waals surface area contributed by atoms with Crippen molar-refractivity contribution < 1.29 is 20.1 Å². The molecule has 0 spiro atoms. The average molecular weight is 622 g/mol. The molecule has 3 nitrogen and oxygen atoms in total. The Kier molecular flexibility index (Phi) is 9.82. The predicted octanol–water partition coefficient (Wildman–Crippen LogP) is 8.24. The van der Waals surface area contributed by atoms with Crippen LogP contribution in [0.25, 0.3) is 26.7 Å². The predicted molar refractivity (Wildman–Crippen MR) is 136 cm³/mol. The third-order valence-corrected chi connectivity index (χ3v) is 8.10. The van der Waals surface area contributed by atoms with Gasteiger partial charge < -0.3 is 16.0 Å². The van der Waals surface area contributed by atoms with Crippen LogP contribution in [0, 0.1) is 12.0 Å². The molecule has 1 aliphatic carbocycles. The number of nitrogens with zero attached hydrogens (tertiary/aromatic N) is 3. The van der Waals surface area contributed by atoms with Crippen molar-refractivity contribution in [1.82, 2.24) is 0 Å². The van der Waals surface area contributed by atoms with Crippen molar-refractivity contribution in [2.75, 3.05) is 13.1 Å². The van der Waals surface area contributed by atoms with Crippen LogP contribution in [-0.4, -0.2) is 31.2 Å². The monoisotopic (exact) mass is 622 g/mol. The molecule has 2 aromatic rings. The molecule has 1 radical (unpaired) electrons. The summed E-state index contributed by atoms with van der Waals surface area (Å²) in [5.41, 5.74) is 1.30. The van der Waals surface area contributed by atoms with Crippen LogP contribution >= 0.6 is 0 Å². The number of benzene rings is 2. The van der Waals surface area contributed by atoms with E-state index in [4.69, 9.17) is 5.32 Å². The van der Waals surface area contributed by atoms with Gasteiger partial charge in [0.1, 0.15) is 0 Å². The molecule has 4 heteroatoms. The number of hydrogen-bond donors (Lipinski definition) is 0. The third-order valence-electron chi connectivity index (χ3n) is 8.10. The largest absolute Gasteiger partial charge is 0.661 e. The van der Waals surface area contributed by atoms with Gasteiger partial charge in [-0.1, -0.05) is 101 Å². The maximum Gasteiger partial charge on any atom is 0 e. The van der Waals surface area contributed by atoms with Crippen molar-refractivity contribution in [2.24, 2.45) is 5.92 Å². The van der Waals surface area contributed by atoms with E-state index < -0.39 is 0 Å². The number of hydrogen-bond acceptors (Lipinski definition) is 0. The quantitative estimate of drug-likeness (QED) is 0.303. The molecule has 0 bridgehead atoms. The number of rotatable bonds is 2. The van der Waals surface area contributed by atoms with Crippen LogP contribution in [0.2, 0.25) is 0 Å². The summed E-state index contributed by atoms with van der Waals surface area (Å²) >= 11 is 0. The fourth-order valence-corrected chi connectivity index (χ4v) is 6.23. The molecule has 2 aromatic carbocycles. The standard InChI is InChI=1S/C19H21N.C10H18N2.Ir/c1-2-7-16-13-17(10-9-14(16)5-1)19-12-11-15-6-3-4-8-18(15)20-19;1-3-7-11-9(5-1)10-6-2-4-8-12-10;/h1-2,5,7,9,13,15,18-19H,3-4,6,8,11-12H2;9-10H,1-8H2;/q2*-2;. The molecule has 0 aromatic heterocycles. The van der Waals surface area contributed by atoms with E-state index in [1.807, 2.05) is 0 Å². The SMILES string of the molecule is C1CCC(C2CCCC[N-]2)[N-]C1.[Ir].[c-]1cc2ccccc2cc1C1CCC2CCCCC2[N-]1. The molecule has 4 fully saturated rings. The van der Waals surface area contributed by atoms with Crippen LogP contribution in [0.5, 0.6) is 0 Å². The maximum atomic E-state index is 5.15. The molecular weight excluding hydrogens is 583 g/mol. The van der Waals surface area contributed by atoms with Crippen molar-refractivity contribution in [2.45, 2.75) is 101 Å².